The molecular weight excluding hydrogens is 331 g/mol. The number of rotatable bonds is 6. The molecule has 0 aliphatic heterocycles. The van der Waals surface area contributed by atoms with E-state index < -0.39 is 0 Å². The van der Waals surface area contributed by atoms with Crippen LogP contribution in [0.2, 0.25) is 10.0 Å². The van der Waals surface area contributed by atoms with Crippen LogP contribution < -0.4 is 0 Å². The van der Waals surface area contributed by atoms with Gasteiger partial charge >= 0.3 is 0 Å². The van der Waals surface area contributed by atoms with Gasteiger partial charge in [0.1, 0.15) is 6.67 Å². The number of halogens is 2. The van der Waals surface area contributed by atoms with Crippen molar-refractivity contribution >= 4 is 35.6 Å². The summed E-state index contributed by atoms with van der Waals surface area (Å²) in [4.78, 5) is 0. The molecular formula is C17H18Cl2N4. The number of hydrogen-bond acceptors (Lipinski definition) is 4. The molecule has 0 bridgehead atoms. The maximum atomic E-state index is 6.09. The van der Waals surface area contributed by atoms with Crippen LogP contribution in [0.3, 0.4) is 0 Å². The third kappa shape index (κ3) is 5.58. The maximum Gasteiger partial charge on any atom is 0.122 e. The second kappa shape index (κ2) is 8.56. The summed E-state index contributed by atoms with van der Waals surface area (Å²) in [7, 11) is 3.74. The number of benzene rings is 2. The number of hydrazone groups is 2. The van der Waals surface area contributed by atoms with E-state index in [0.29, 0.717) is 16.7 Å². The van der Waals surface area contributed by atoms with E-state index in [-0.39, 0.29) is 0 Å². The molecule has 2 aromatic carbocycles. The average molecular weight is 349 g/mol. The summed E-state index contributed by atoms with van der Waals surface area (Å²) in [6.45, 7) is 0.530. The summed E-state index contributed by atoms with van der Waals surface area (Å²) >= 11 is 12.2. The van der Waals surface area contributed by atoms with Crippen LogP contribution in [0.15, 0.2) is 58.7 Å². The lowest BCUT2D eigenvalue weighted by Crippen LogP contribution is -2.26. The van der Waals surface area contributed by atoms with Crippen molar-refractivity contribution < 1.29 is 0 Å². The Morgan fingerprint density at radius 3 is 1.57 bits per heavy atom. The fourth-order valence-electron chi connectivity index (χ4n) is 1.85. The summed E-state index contributed by atoms with van der Waals surface area (Å²) in [6.07, 6.45) is 3.46. The predicted octanol–water partition coefficient (Wildman–Crippen LogP) is 4.18. The summed E-state index contributed by atoms with van der Waals surface area (Å²) in [5.41, 5.74) is 1.76. The van der Waals surface area contributed by atoms with Gasteiger partial charge < -0.3 is 0 Å². The van der Waals surface area contributed by atoms with Gasteiger partial charge in [0.05, 0.1) is 12.4 Å². The largest absolute Gasteiger partial charge is 0.279 e. The van der Waals surface area contributed by atoms with Gasteiger partial charge in [0, 0.05) is 35.3 Å². The quantitative estimate of drug-likeness (QED) is 0.445. The van der Waals surface area contributed by atoms with Crippen LogP contribution in [-0.4, -0.2) is 43.2 Å². The molecule has 0 saturated carbocycles. The lowest BCUT2D eigenvalue weighted by atomic mass is 10.2. The molecule has 2 rings (SSSR count). The first kappa shape index (κ1) is 17.3. The van der Waals surface area contributed by atoms with E-state index in [0.717, 1.165) is 11.1 Å². The molecule has 0 N–H and O–H groups in total. The molecule has 0 spiro atoms. The van der Waals surface area contributed by atoms with Crippen LogP contribution in [-0.2, 0) is 0 Å². The normalized spacial score (nSPS) is 11.3. The molecule has 0 heterocycles. The average Bonchev–Trinajstić information content (AvgIpc) is 2.53. The minimum absolute atomic E-state index is 0.530. The van der Waals surface area contributed by atoms with Crippen molar-refractivity contribution in [3.63, 3.8) is 0 Å². The molecule has 0 atom stereocenters. The number of hydrogen-bond donors (Lipinski definition) is 0. The molecule has 0 amide bonds. The first-order valence-electron chi connectivity index (χ1n) is 7.05. The Morgan fingerprint density at radius 1 is 0.783 bits per heavy atom. The molecule has 23 heavy (non-hydrogen) atoms. The van der Waals surface area contributed by atoms with Gasteiger partial charge in [-0.25, -0.2) is 0 Å². The Kier molecular flexibility index (Phi) is 6.44. The van der Waals surface area contributed by atoms with Gasteiger partial charge in [-0.15, -0.1) is 0 Å². The van der Waals surface area contributed by atoms with E-state index in [1.54, 1.807) is 22.4 Å². The summed E-state index contributed by atoms with van der Waals surface area (Å²) < 4.78 is 0. The Morgan fingerprint density at radius 2 is 1.17 bits per heavy atom. The Bertz CT molecular complexity index is 641. The second-order valence-electron chi connectivity index (χ2n) is 4.99. The molecule has 0 saturated heterocycles. The van der Waals surface area contributed by atoms with Gasteiger partial charge in [-0.1, -0.05) is 59.6 Å². The highest BCUT2D eigenvalue weighted by atomic mass is 35.5. The zero-order chi connectivity index (χ0) is 16.7. The van der Waals surface area contributed by atoms with Gasteiger partial charge in [0.15, 0.2) is 0 Å². The maximum absolute atomic E-state index is 6.09. The van der Waals surface area contributed by atoms with E-state index in [1.165, 1.54) is 0 Å². The third-order valence-corrected chi connectivity index (χ3v) is 3.70. The standard InChI is InChI=1S/C17H18Cl2N4/c1-22(20-11-14-7-3-5-9-16(14)18)13-23(2)21-12-15-8-4-6-10-17(15)19/h3-12H,13H2,1-2H3/b20-11+,21-12+. The molecule has 4 nitrogen and oxygen atoms in total. The highest BCUT2D eigenvalue weighted by molar-refractivity contribution is 6.33. The second-order valence-corrected chi connectivity index (χ2v) is 5.80. The molecule has 120 valence electrons. The van der Waals surface area contributed by atoms with Crippen molar-refractivity contribution in [2.24, 2.45) is 10.2 Å². The van der Waals surface area contributed by atoms with Crippen LogP contribution in [0.5, 0.6) is 0 Å². The SMILES string of the molecule is CN(CN(C)/N=C/c1ccccc1Cl)/N=C/c1ccccc1Cl. The van der Waals surface area contributed by atoms with E-state index in [9.17, 15) is 0 Å². The van der Waals surface area contributed by atoms with Gasteiger partial charge in [0.2, 0.25) is 0 Å². The zero-order valence-corrected chi connectivity index (χ0v) is 14.5. The van der Waals surface area contributed by atoms with Crippen LogP contribution >= 0.6 is 23.2 Å². The van der Waals surface area contributed by atoms with Crippen molar-refractivity contribution in [1.29, 1.82) is 0 Å². The molecule has 6 heteroatoms. The minimum Gasteiger partial charge on any atom is -0.279 e. The van der Waals surface area contributed by atoms with Crippen molar-refractivity contribution in [2.75, 3.05) is 20.8 Å². The molecule has 2 aromatic rings. The molecule has 0 fully saturated rings. The molecule has 0 radical (unpaired) electrons. The highest BCUT2D eigenvalue weighted by Gasteiger charge is 2.00. The van der Waals surface area contributed by atoms with E-state index >= 15 is 0 Å². The Balaban J connectivity index is 1.91. The highest BCUT2D eigenvalue weighted by Crippen LogP contribution is 2.13. The first-order chi connectivity index (χ1) is 11.1. The van der Waals surface area contributed by atoms with Crippen molar-refractivity contribution in [2.45, 2.75) is 0 Å². The van der Waals surface area contributed by atoms with Crippen molar-refractivity contribution in [3.05, 3.63) is 69.7 Å². The summed E-state index contributed by atoms with van der Waals surface area (Å²) in [5, 5.41) is 13.6. The van der Waals surface area contributed by atoms with Gasteiger partial charge in [-0.05, 0) is 12.1 Å². The van der Waals surface area contributed by atoms with Gasteiger partial charge in [-0.2, -0.15) is 10.2 Å². The van der Waals surface area contributed by atoms with Crippen LogP contribution in [0, 0.1) is 0 Å². The summed E-state index contributed by atoms with van der Waals surface area (Å²) in [5.74, 6) is 0. The monoisotopic (exact) mass is 348 g/mol. The first-order valence-corrected chi connectivity index (χ1v) is 7.81. The molecule has 0 unspecified atom stereocenters. The lowest BCUT2D eigenvalue weighted by molar-refractivity contribution is 0.196. The topological polar surface area (TPSA) is 31.2 Å². The van der Waals surface area contributed by atoms with E-state index in [2.05, 4.69) is 10.2 Å². The predicted molar refractivity (Wildman–Crippen MR) is 98.5 cm³/mol. The van der Waals surface area contributed by atoms with E-state index in [1.807, 2.05) is 62.6 Å². The summed E-state index contributed by atoms with van der Waals surface area (Å²) in [6, 6.07) is 15.1. The van der Waals surface area contributed by atoms with Gasteiger partial charge in [0.25, 0.3) is 0 Å². The lowest BCUT2D eigenvalue weighted by Gasteiger charge is -2.19. The minimum atomic E-state index is 0.530. The molecule has 0 aliphatic rings. The molecule has 0 aliphatic carbocycles. The molecule has 0 aromatic heterocycles. The van der Waals surface area contributed by atoms with Gasteiger partial charge in [-0.3, -0.25) is 10.0 Å². The fraction of sp³-hybridized carbons (Fsp3) is 0.176. The van der Waals surface area contributed by atoms with E-state index in [4.69, 9.17) is 23.2 Å². The number of nitrogens with zero attached hydrogens (tertiary/aromatic N) is 4. The Labute approximate surface area is 146 Å². The van der Waals surface area contributed by atoms with Crippen LogP contribution in [0.1, 0.15) is 11.1 Å². The smallest absolute Gasteiger partial charge is 0.122 e. The van der Waals surface area contributed by atoms with Crippen LogP contribution in [0.25, 0.3) is 0 Å². The van der Waals surface area contributed by atoms with Crippen molar-refractivity contribution in [1.82, 2.24) is 10.0 Å². The third-order valence-electron chi connectivity index (χ3n) is 3.01. The Hall–Kier alpha value is -2.04. The fourth-order valence-corrected chi connectivity index (χ4v) is 2.22. The van der Waals surface area contributed by atoms with Crippen molar-refractivity contribution in [3.8, 4) is 0 Å². The zero-order valence-electron chi connectivity index (χ0n) is 13.0. The van der Waals surface area contributed by atoms with Crippen LogP contribution in [0.4, 0.5) is 0 Å².